The first-order chi connectivity index (χ1) is 15.8. The largest absolute Gasteiger partial charge is 0.397 e. The van der Waals surface area contributed by atoms with Gasteiger partial charge in [0, 0.05) is 23.3 Å². The molecule has 0 N–H and O–H groups in total. The van der Waals surface area contributed by atoms with E-state index in [4.69, 9.17) is 0 Å². The van der Waals surface area contributed by atoms with E-state index in [0.717, 1.165) is 13.0 Å². The Bertz CT molecular complexity index is 1240. The van der Waals surface area contributed by atoms with Crippen LogP contribution in [0.3, 0.4) is 0 Å². The molecule has 1 aliphatic heterocycles. The maximum absolute atomic E-state index is 4.64. The molecule has 0 saturated heterocycles. The third-order valence-electron chi connectivity index (χ3n) is 6.23. The Morgan fingerprint density at radius 1 is 0.812 bits per heavy atom. The van der Waals surface area contributed by atoms with E-state index in [9.17, 15) is 0 Å². The summed E-state index contributed by atoms with van der Waals surface area (Å²) in [5.41, 5.74) is 9.82. The minimum Gasteiger partial charge on any atom is -0.397 e. The lowest BCUT2D eigenvalue weighted by Crippen LogP contribution is -2.48. The minimum atomic E-state index is 0.181. The van der Waals surface area contributed by atoms with Gasteiger partial charge in [0.2, 0.25) is 13.9 Å². The zero-order valence-electron chi connectivity index (χ0n) is 18.3. The normalized spacial score (nSPS) is 13.3. The molecule has 2 heterocycles. The number of aromatic nitrogens is 1. The molecule has 32 heavy (non-hydrogen) atoms. The summed E-state index contributed by atoms with van der Waals surface area (Å²) < 4.78 is 0. The molecular weight excluding hydrogens is 386 g/mol. The molecular formula is C28H24B2N2. The fraction of sp³-hybridized carbons (Fsp3) is 0.0357. The van der Waals surface area contributed by atoms with Gasteiger partial charge >= 0.3 is 0 Å². The first kappa shape index (κ1) is 20.1. The van der Waals surface area contributed by atoms with Crippen LogP contribution in [-0.4, -0.2) is 18.9 Å². The Balaban J connectivity index is 1.70. The first-order valence-electron chi connectivity index (χ1n) is 11.0. The standard InChI is InChI=1S/C28H24B2N2/c1-3-12-27-28-21(2)31-20-19-25(28)24-17-10-11-18-26(24)30(27)29-32(22-13-6-4-7-14-22)23-15-8-5-9-16-23/h3-20,29H,1H2,2H3/b27-12+. The highest BCUT2D eigenvalue weighted by molar-refractivity contribution is 7.29. The van der Waals surface area contributed by atoms with Crippen molar-refractivity contribution in [2.45, 2.75) is 6.92 Å². The molecule has 0 unspecified atom stereocenters. The molecule has 0 aliphatic carbocycles. The van der Waals surface area contributed by atoms with Crippen LogP contribution in [0.25, 0.3) is 16.6 Å². The van der Waals surface area contributed by atoms with E-state index in [2.05, 4.69) is 120 Å². The quantitative estimate of drug-likeness (QED) is 0.400. The van der Waals surface area contributed by atoms with Gasteiger partial charge in [-0.25, -0.2) is 0 Å². The fourth-order valence-electron chi connectivity index (χ4n) is 4.82. The van der Waals surface area contributed by atoms with E-state index in [1.165, 1.54) is 39.0 Å². The number of allylic oxidation sites excluding steroid dienone is 2. The van der Waals surface area contributed by atoms with Crippen molar-refractivity contribution in [3.05, 3.63) is 127 Å². The number of pyridine rings is 1. The SMILES string of the molecule is C=C/C=C1/B(BN(c2ccccc2)c2ccccc2)c2ccccc2-c2ccnc(C)c21. The van der Waals surface area contributed by atoms with Crippen LogP contribution in [0.4, 0.5) is 11.4 Å². The number of para-hydroxylation sites is 2. The number of anilines is 2. The molecule has 4 aromatic rings. The summed E-state index contributed by atoms with van der Waals surface area (Å²) in [4.78, 5) is 7.05. The zero-order valence-corrected chi connectivity index (χ0v) is 18.3. The summed E-state index contributed by atoms with van der Waals surface area (Å²) >= 11 is 0. The molecule has 0 saturated carbocycles. The fourth-order valence-corrected chi connectivity index (χ4v) is 4.82. The molecule has 1 aromatic heterocycles. The van der Waals surface area contributed by atoms with Crippen LogP contribution >= 0.6 is 0 Å². The van der Waals surface area contributed by atoms with E-state index >= 15 is 0 Å². The number of rotatable bonds is 5. The van der Waals surface area contributed by atoms with Gasteiger partial charge in [-0.05, 0) is 53.9 Å². The van der Waals surface area contributed by atoms with Gasteiger partial charge in [-0.2, -0.15) is 0 Å². The number of aryl methyl sites for hydroxylation is 1. The van der Waals surface area contributed by atoms with Crippen LogP contribution in [0, 0.1) is 6.92 Å². The topological polar surface area (TPSA) is 16.1 Å². The van der Waals surface area contributed by atoms with Crippen molar-refractivity contribution in [3.63, 3.8) is 0 Å². The van der Waals surface area contributed by atoms with Crippen molar-refractivity contribution in [2.24, 2.45) is 0 Å². The average Bonchev–Trinajstić information content (AvgIpc) is 2.85. The molecule has 0 bridgehead atoms. The average molecular weight is 410 g/mol. The van der Waals surface area contributed by atoms with Gasteiger partial charge in [0.1, 0.15) is 0 Å². The summed E-state index contributed by atoms with van der Waals surface area (Å²) in [7, 11) is 0.818. The van der Waals surface area contributed by atoms with Gasteiger partial charge in [0.25, 0.3) is 0 Å². The van der Waals surface area contributed by atoms with Crippen molar-refractivity contribution in [2.75, 3.05) is 4.81 Å². The van der Waals surface area contributed by atoms with E-state index in [1.807, 2.05) is 12.3 Å². The van der Waals surface area contributed by atoms with Crippen molar-refractivity contribution in [1.82, 2.24) is 4.98 Å². The summed E-state index contributed by atoms with van der Waals surface area (Å²) in [6.45, 7) is 6.32. The molecule has 2 nitrogen and oxygen atoms in total. The molecule has 0 fully saturated rings. The summed E-state index contributed by atoms with van der Waals surface area (Å²) in [6, 6.07) is 32.2. The zero-order chi connectivity index (χ0) is 21.9. The van der Waals surface area contributed by atoms with Gasteiger partial charge in [0.15, 0.2) is 0 Å². The summed E-state index contributed by atoms with van der Waals surface area (Å²) in [6.07, 6.45) is 5.99. The van der Waals surface area contributed by atoms with Crippen LogP contribution in [0.15, 0.2) is 116 Å². The monoisotopic (exact) mass is 410 g/mol. The highest BCUT2D eigenvalue weighted by Gasteiger charge is 2.35. The molecule has 0 atom stereocenters. The number of benzene rings is 3. The molecule has 1 aliphatic rings. The highest BCUT2D eigenvalue weighted by Crippen LogP contribution is 2.37. The number of hydrogen-bond acceptors (Lipinski definition) is 2. The maximum Gasteiger partial charge on any atom is 0.219 e. The van der Waals surface area contributed by atoms with Gasteiger partial charge in [0.05, 0.1) is 0 Å². The lowest BCUT2D eigenvalue weighted by molar-refractivity contribution is 1.19. The van der Waals surface area contributed by atoms with Crippen LogP contribution in [0.1, 0.15) is 11.3 Å². The van der Waals surface area contributed by atoms with Gasteiger partial charge in [-0.1, -0.05) is 90.3 Å². The van der Waals surface area contributed by atoms with Crippen LogP contribution in [0.2, 0.25) is 0 Å². The molecule has 4 heteroatoms. The smallest absolute Gasteiger partial charge is 0.219 e. The molecule has 0 radical (unpaired) electrons. The van der Waals surface area contributed by atoms with Crippen molar-refractivity contribution >= 4 is 36.2 Å². The minimum absolute atomic E-state index is 0.181. The maximum atomic E-state index is 4.64. The van der Waals surface area contributed by atoms with E-state index in [-0.39, 0.29) is 6.60 Å². The third-order valence-corrected chi connectivity index (χ3v) is 6.23. The lowest BCUT2D eigenvalue weighted by Gasteiger charge is -2.34. The second-order valence-corrected chi connectivity index (χ2v) is 8.10. The number of fused-ring (bicyclic) bond motifs is 3. The number of hydrogen-bond donors (Lipinski definition) is 0. The van der Waals surface area contributed by atoms with Gasteiger partial charge in [-0.15, -0.1) is 0 Å². The Morgan fingerprint density at radius 2 is 1.44 bits per heavy atom. The molecule has 5 rings (SSSR count). The number of nitrogens with zero attached hydrogens (tertiary/aromatic N) is 2. The van der Waals surface area contributed by atoms with E-state index < -0.39 is 0 Å². The van der Waals surface area contributed by atoms with Gasteiger partial charge < -0.3 is 4.81 Å². The molecule has 0 amide bonds. The molecule has 0 spiro atoms. The Hall–Kier alpha value is -3.78. The third kappa shape index (κ3) is 3.58. The molecule has 152 valence electrons. The first-order valence-corrected chi connectivity index (χ1v) is 11.0. The summed E-state index contributed by atoms with van der Waals surface area (Å²) in [5, 5.41) is 0. The second-order valence-electron chi connectivity index (χ2n) is 8.10. The predicted molar refractivity (Wildman–Crippen MR) is 140 cm³/mol. The van der Waals surface area contributed by atoms with Crippen LogP contribution < -0.4 is 10.3 Å². The van der Waals surface area contributed by atoms with Crippen molar-refractivity contribution in [1.29, 1.82) is 0 Å². The van der Waals surface area contributed by atoms with Crippen molar-refractivity contribution in [3.8, 4) is 11.1 Å². The Kier molecular flexibility index (Phi) is 5.51. The van der Waals surface area contributed by atoms with E-state index in [0.29, 0.717) is 0 Å². The Labute approximate surface area is 191 Å². The van der Waals surface area contributed by atoms with Gasteiger partial charge in [-0.3, -0.25) is 4.98 Å². The summed E-state index contributed by atoms with van der Waals surface area (Å²) in [5.74, 6) is 0. The predicted octanol–water partition coefficient (Wildman–Crippen LogP) is 5.57. The van der Waals surface area contributed by atoms with Crippen LogP contribution in [-0.2, 0) is 0 Å². The van der Waals surface area contributed by atoms with Crippen molar-refractivity contribution < 1.29 is 0 Å². The second kappa shape index (κ2) is 8.76. The molecule has 3 aromatic carbocycles. The lowest BCUT2D eigenvalue weighted by atomic mass is 9.17. The Morgan fingerprint density at radius 3 is 2.09 bits per heavy atom. The van der Waals surface area contributed by atoms with E-state index in [1.54, 1.807) is 0 Å². The van der Waals surface area contributed by atoms with Crippen LogP contribution in [0.5, 0.6) is 0 Å². The highest BCUT2D eigenvalue weighted by atomic mass is 15.0.